The molecule has 2 aliphatic rings. The molecule has 0 unspecified atom stereocenters. The number of aryl methyl sites for hydroxylation is 1. The maximum Gasteiger partial charge on any atom is 0.155 e. The van der Waals surface area contributed by atoms with Gasteiger partial charge in [0.05, 0.1) is 5.36 Å². The van der Waals surface area contributed by atoms with Gasteiger partial charge in [0.25, 0.3) is 0 Å². The van der Waals surface area contributed by atoms with E-state index < -0.39 is 0 Å². The number of hydrogen-bond acceptors (Lipinski definition) is 5. The van der Waals surface area contributed by atoms with Crippen LogP contribution in [0.2, 0.25) is 0 Å². The van der Waals surface area contributed by atoms with Crippen molar-refractivity contribution in [2.45, 2.75) is 20.3 Å². The van der Waals surface area contributed by atoms with Gasteiger partial charge in [-0.15, -0.1) is 0 Å². The van der Waals surface area contributed by atoms with Crippen molar-refractivity contribution in [2.75, 3.05) is 25.0 Å². The van der Waals surface area contributed by atoms with Crippen molar-refractivity contribution in [1.82, 2.24) is 4.98 Å². The third-order valence-corrected chi connectivity index (χ3v) is 5.65. The number of benzene rings is 4. The maximum atomic E-state index is 9.20. The molecule has 5 heteroatoms. The number of nitrogens with one attached hydrogen (secondary N) is 1. The standard InChI is InChI=1S/C26H25N3O2/c1-3-27-21-14-24-23(11-16(21)2)29-26-20-13-18-8-5-4-7-17(18)12-19(20)22(15-25(26)31-24)28-9-6-10-30/h4-5,7-8,11-15,28,30H,3,6,9-10H2,1-2H3. The summed E-state index contributed by atoms with van der Waals surface area (Å²) in [4.78, 5) is 9.57. The largest absolute Gasteiger partial charge is 0.453 e. The fraction of sp³-hybridized carbons (Fsp3) is 0.231. The van der Waals surface area contributed by atoms with Crippen LogP contribution < -0.4 is 10.7 Å². The average molecular weight is 412 g/mol. The highest BCUT2D eigenvalue weighted by atomic mass is 16.3. The minimum atomic E-state index is 0.154. The molecule has 0 spiro atoms. The summed E-state index contributed by atoms with van der Waals surface area (Å²) in [6.45, 7) is 5.65. The van der Waals surface area contributed by atoms with Gasteiger partial charge in [0.1, 0.15) is 11.2 Å². The van der Waals surface area contributed by atoms with Crippen LogP contribution in [-0.2, 0) is 0 Å². The first-order chi connectivity index (χ1) is 15.2. The molecular weight excluding hydrogens is 386 g/mol. The normalized spacial score (nSPS) is 12.4. The molecule has 31 heavy (non-hydrogen) atoms. The van der Waals surface area contributed by atoms with Gasteiger partial charge < -0.3 is 14.8 Å². The lowest BCUT2D eigenvalue weighted by Gasteiger charge is -2.15. The van der Waals surface area contributed by atoms with E-state index in [0.29, 0.717) is 13.0 Å². The molecule has 0 saturated carbocycles. The molecule has 5 nitrogen and oxygen atoms in total. The van der Waals surface area contributed by atoms with Gasteiger partial charge >= 0.3 is 0 Å². The van der Waals surface area contributed by atoms with Crippen LogP contribution in [0.15, 0.2) is 64.0 Å². The van der Waals surface area contributed by atoms with Crippen LogP contribution in [0.5, 0.6) is 0 Å². The average Bonchev–Trinajstić information content (AvgIpc) is 2.78. The molecule has 0 saturated heterocycles. The highest BCUT2D eigenvalue weighted by molar-refractivity contribution is 6.14. The summed E-state index contributed by atoms with van der Waals surface area (Å²) in [5, 5.41) is 18.1. The summed E-state index contributed by atoms with van der Waals surface area (Å²) in [5.74, 6) is 0.728. The summed E-state index contributed by atoms with van der Waals surface area (Å²) in [6.07, 6.45) is 0.682. The Morgan fingerprint density at radius 3 is 2.55 bits per heavy atom. The van der Waals surface area contributed by atoms with Crippen molar-refractivity contribution >= 4 is 38.3 Å². The molecule has 5 rings (SSSR count). The molecule has 2 N–H and O–H groups in total. The molecule has 1 aliphatic carbocycles. The lowest BCUT2D eigenvalue weighted by Crippen LogP contribution is -2.09. The quantitative estimate of drug-likeness (QED) is 0.235. The predicted molar refractivity (Wildman–Crippen MR) is 127 cm³/mol. The predicted octanol–water partition coefficient (Wildman–Crippen LogP) is 5.26. The molecule has 0 fully saturated rings. The number of fused-ring (bicyclic) bond motifs is 5. The second-order valence-corrected chi connectivity index (χ2v) is 7.81. The van der Waals surface area contributed by atoms with Crippen molar-refractivity contribution in [3.05, 3.63) is 65.5 Å². The highest BCUT2D eigenvalue weighted by Gasteiger charge is 2.15. The Kier molecular flexibility index (Phi) is 5.04. The van der Waals surface area contributed by atoms with E-state index in [1.165, 1.54) is 10.8 Å². The van der Waals surface area contributed by atoms with E-state index in [1.807, 2.05) is 25.1 Å². The molecule has 1 aliphatic heterocycles. The zero-order chi connectivity index (χ0) is 21.4. The number of aliphatic hydroxyl groups excluding tert-OH is 1. The Bertz CT molecular complexity index is 1450. The summed E-state index contributed by atoms with van der Waals surface area (Å²) in [6, 6.07) is 18.8. The molecule has 0 atom stereocenters. The van der Waals surface area contributed by atoms with E-state index in [4.69, 9.17) is 9.40 Å². The van der Waals surface area contributed by atoms with E-state index in [-0.39, 0.29) is 6.61 Å². The lowest BCUT2D eigenvalue weighted by atomic mass is 10.0. The van der Waals surface area contributed by atoms with Gasteiger partial charge in [-0.2, -0.15) is 0 Å². The van der Waals surface area contributed by atoms with Gasteiger partial charge in [-0.1, -0.05) is 24.3 Å². The Hall–Kier alpha value is -3.44. The summed E-state index contributed by atoms with van der Waals surface area (Å²) >= 11 is 0. The van der Waals surface area contributed by atoms with Gasteiger partial charge in [0, 0.05) is 48.3 Å². The van der Waals surface area contributed by atoms with Crippen molar-refractivity contribution in [3.63, 3.8) is 0 Å². The van der Waals surface area contributed by atoms with Crippen LogP contribution in [0.25, 0.3) is 44.1 Å². The molecule has 3 aromatic rings. The van der Waals surface area contributed by atoms with Gasteiger partial charge in [0.15, 0.2) is 11.3 Å². The van der Waals surface area contributed by atoms with Crippen molar-refractivity contribution in [1.29, 1.82) is 0 Å². The number of rotatable bonds is 5. The SMILES string of the molecule is CCN=c1cc2oc3cc(NCCCO)c4cc5ccccc5cc4c3nc-2cc1C. The van der Waals surface area contributed by atoms with Gasteiger partial charge in [-0.25, -0.2) is 4.98 Å². The van der Waals surface area contributed by atoms with Gasteiger partial charge in [-0.05, 0) is 54.8 Å². The number of anilines is 1. The molecule has 0 amide bonds. The number of hydrogen-bond donors (Lipinski definition) is 2. The minimum absolute atomic E-state index is 0.154. The highest BCUT2D eigenvalue weighted by Crippen LogP contribution is 2.36. The molecule has 1 heterocycles. The van der Waals surface area contributed by atoms with Crippen LogP contribution in [-0.4, -0.2) is 29.8 Å². The summed E-state index contributed by atoms with van der Waals surface area (Å²) in [7, 11) is 0. The van der Waals surface area contributed by atoms with Crippen LogP contribution >= 0.6 is 0 Å². The second kappa shape index (κ2) is 8.00. The van der Waals surface area contributed by atoms with Crippen molar-refractivity contribution < 1.29 is 9.52 Å². The van der Waals surface area contributed by atoms with Crippen LogP contribution in [0, 0.1) is 6.92 Å². The third kappa shape index (κ3) is 3.51. The van der Waals surface area contributed by atoms with E-state index in [0.717, 1.165) is 56.5 Å². The topological polar surface area (TPSA) is 70.7 Å². The molecule has 0 bridgehead atoms. The Balaban J connectivity index is 1.84. The first kappa shape index (κ1) is 19.5. The monoisotopic (exact) mass is 411 g/mol. The van der Waals surface area contributed by atoms with Crippen molar-refractivity contribution in [3.8, 4) is 11.5 Å². The van der Waals surface area contributed by atoms with Crippen LogP contribution in [0.4, 0.5) is 5.69 Å². The summed E-state index contributed by atoms with van der Waals surface area (Å²) in [5.41, 5.74) is 4.48. The smallest absolute Gasteiger partial charge is 0.155 e. The number of nitrogens with zero attached hydrogens (tertiary/aromatic N) is 2. The van der Waals surface area contributed by atoms with E-state index in [9.17, 15) is 5.11 Å². The summed E-state index contributed by atoms with van der Waals surface area (Å²) < 4.78 is 6.34. The van der Waals surface area contributed by atoms with Gasteiger partial charge in [-0.3, -0.25) is 4.99 Å². The molecule has 156 valence electrons. The molecule has 0 radical (unpaired) electrons. The van der Waals surface area contributed by atoms with E-state index >= 15 is 0 Å². The van der Waals surface area contributed by atoms with Crippen LogP contribution in [0.3, 0.4) is 0 Å². The fourth-order valence-corrected chi connectivity index (χ4v) is 4.12. The Morgan fingerprint density at radius 1 is 1.03 bits per heavy atom. The maximum absolute atomic E-state index is 9.20. The first-order valence-corrected chi connectivity index (χ1v) is 10.7. The zero-order valence-corrected chi connectivity index (χ0v) is 17.8. The fourth-order valence-electron chi connectivity index (χ4n) is 4.12. The van der Waals surface area contributed by atoms with Crippen molar-refractivity contribution in [2.24, 2.45) is 4.99 Å². The van der Waals surface area contributed by atoms with E-state index in [2.05, 4.69) is 53.6 Å². The molecular formula is C26H25N3O2. The first-order valence-electron chi connectivity index (χ1n) is 10.7. The van der Waals surface area contributed by atoms with Gasteiger partial charge in [0.2, 0.25) is 0 Å². The van der Waals surface area contributed by atoms with Crippen LogP contribution in [0.1, 0.15) is 18.9 Å². The molecule has 3 aromatic carbocycles. The van der Waals surface area contributed by atoms with E-state index in [1.54, 1.807) is 0 Å². The molecule has 0 aromatic heterocycles. The number of aromatic nitrogens is 1. The second-order valence-electron chi connectivity index (χ2n) is 7.81. The third-order valence-electron chi connectivity index (χ3n) is 5.65. The Morgan fingerprint density at radius 2 is 1.81 bits per heavy atom. The lowest BCUT2D eigenvalue weighted by molar-refractivity contribution is 0.292. The number of aliphatic hydroxyl groups is 1. The Labute approximate surface area is 180 Å². The zero-order valence-electron chi connectivity index (χ0n) is 17.8. The minimum Gasteiger partial charge on any atom is -0.453 e.